The van der Waals surface area contributed by atoms with Gasteiger partial charge in [-0.05, 0) is 46.6 Å². The minimum Gasteiger partial charge on any atom is -0.505 e. The molecule has 0 saturated heterocycles. The zero-order valence-electron chi connectivity index (χ0n) is 16.2. The summed E-state index contributed by atoms with van der Waals surface area (Å²) in [5.74, 6) is -0.449. The van der Waals surface area contributed by atoms with E-state index in [-0.39, 0.29) is 11.4 Å². The molecule has 5 rings (SSSR count). The number of aryl methyl sites for hydroxylation is 1. The first-order valence-corrected chi connectivity index (χ1v) is 10.1. The number of nitrogens with zero attached hydrogens (tertiary/aromatic N) is 2. The Bertz CT molecular complexity index is 1490. The van der Waals surface area contributed by atoms with Gasteiger partial charge in [-0.1, -0.05) is 30.3 Å². The van der Waals surface area contributed by atoms with Gasteiger partial charge in [-0.2, -0.15) is 0 Å². The molecule has 0 aliphatic heterocycles. The third-order valence-electron chi connectivity index (χ3n) is 5.30. The molecular formula is C23H16BrN3O3. The van der Waals surface area contributed by atoms with Crippen molar-refractivity contribution in [1.82, 2.24) is 15.0 Å². The largest absolute Gasteiger partial charge is 0.505 e. The Morgan fingerprint density at radius 3 is 2.67 bits per heavy atom. The lowest BCUT2D eigenvalue weighted by Crippen LogP contribution is -2.08. The molecule has 0 fully saturated rings. The highest BCUT2D eigenvalue weighted by Gasteiger charge is 2.22. The van der Waals surface area contributed by atoms with E-state index in [1.807, 2.05) is 49.4 Å². The van der Waals surface area contributed by atoms with E-state index >= 15 is 0 Å². The molecule has 0 aliphatic carbocycles. The molecule has 7 heteroatoms. The lowest BCUT2D eigenvalue weighted by Gasteiger charge is -2.11. The number of esters is 1. The quantitative estimate of drug-likeness (QED) is 0.339. The van der Waals surface area contributed by atoms with Crippen LogP contribution in [-0.4, -0.2) is 33.1 Å². The predicted molar refractivity (Wildman–Crippen MR) is 120 cm³/mol. The number of fused-ring (bicyclic) bond motifs is 4. The number of phenolic OH excluding ortho intramolecular Hbond substituents is 1. The van der Waals surface area contributed by atoms with E-state index in [0.717, 1.165) is 32.8 Å². The fourth-order valence-corrected chi connectivity index (χ4v) is 4.16. The van der Waals surface area contributed by atoms with Gasteiger partial charge in [0.2, 0.25) is 0 Å². The molecule has 6 nitrogen and oxygen atoms in total. The molecule has 0 aliphatic rings. The molecule has 0 spiro atoms. The summed E-state index contributed by atoms with van der Waals surface area (Å²) in [7, 11) is 1.34. The summed E-state index contributed by atoms with van der Waals surface area (Å²) in [6, 6.07) is 15.2. The first-order chi connectivity index (χ1) is 14.5. The summed E-state index contributed by atoms with van der Waals surface area (Å²) in [6.45, 7) is 1.86. The number of aromatic nitrogens is 3. The van der Waals surface area contributed by atoms with Crippen LogP contribution in [0.3, 0.4) is 0 Å². The average molecular weight is 462 g/mol. The second-order valence-corrected chi connectivity index (χ2v) is 7.86. The number of H-pyrrole nitrogens is 1. The van der Waals surface area contributed by atoms with Crippen LogP contribution < -0.4 is 0 Å². The van der Waals surface area contributed by atoms with E-state index in [0.29, 0.717) is 21.4 Å². The van der Waals surface area contributed by atoms with Gasteiger partial charge >= 0.3 is 5.97 Å². The van der Waals surface area contributed by atoms with Crippen LogP contribution >= 0.6 is 15.9 Å². The Morgan fingerprint density at radius 2 is 1.87 bits per heavy atom. The van der Waals surface area contributed by atoms with Crippen molar-refractivity contribution < 1.29 is 14.6 Å². The zero-order chi connectivity index (χ0) is 21.0. The predicted octanol–water partition coefficient (Wildman–Crippen LogP) is 5.49. The molecule has 3 aromatic heterocycles. The van der Waals surface area contributed by atoms with Gasteiger partial charge in [-0.3, -0.25) is 0 Å². The van der Waals surface area contributed by atoms with E-state index in [9.17, 15) is 9.90 Å². The van der Waals surface area contributed by atoms with Crippen molar-refractivity contribution in [3.8, 4) is 17.1 Å². The Morgan fingerprint density at radius 1 is 1.10 bits per heavy atom. The zero-order valence-corrected chi connectivity index (χ0v) is 17.7. The molecule has 0 amide bonds. The molecule has 5 aromatic rings. The van der Waals surface area contributed by atoms with E-state index < -0.39 is 5.97 Å². The van der Waals surface area contributed by atoms with Crippen LogP contribution in [0.25, 0.3) is 44.1 Å². The summed E-state index contributed by atoms with van der Waals surface area (Å²) in [4.78, 5) is 25.2. The highest BCUT2D eigenvalue weighted by Crippen LogP contribution is 2.37. The van der Waals surface area contributed by atoms with Crippen LogP contribution in [0, 0.1) is 6.92 Å². The number of ether oxygens (including phenoxy) is 1. The SMILES string of the molecule is COC(=O)c1nc(-c2ccc3ccc(Br)c(O)c3n2)c2[nH]c3ccccc3c2c1C. The number of methoxy groups -OCH3 is 1. The number of halogens is 1. The Kier molecular flexibility index (Phi) is 4.22. The van der Waals surface area contributed by atoms with Gasteiger partial charge in [0.15, 0.2) is 11.4 Å². The monoisotopic (exact) mass is 461 g/mol. The number of aromatic hydroxyl groups is 1. The molecule has 148 valence electrons. The number of aromatic amines is 1. The lowest BCUT2D eigenvalue weighted by molar-refractivity contribution is 0.0593. The van der Waals surface area contributed by atoms with E-state index in [1.165, 1.54) is 7.11 Å². The minimum atomic E-state index is -0.507. The maximum Gasteiger partial charge on any atom is 0.356 e. The Hall–Kier alpha value is -3.45. The Balaban J connectivity index is 1.91. The standard InChI is InChI=1S/C23H16BrN3O3/c1-11-17-13-5-3-4-6-15(13)25-21(17)20(27-18(11)23(29)30-2)16-10-8-12-7-9-14(24)22(28)19(12)26-16/h3-10,25,28H,1-2H3. The molecule has 0 unspecified atom stereocenters. The number of rotatable bonds is 2. The van der Waals surface area contributed by atoms with Gasteiger partial charge in [0, 0.05) is 21.7 Å². The molecule has 3 heterocycles. The summed E-state index contributed by atoms with van der Waals surface area (Å²) < 4.78 is 5.53. The summed E-state index contributed by atoms with van der Waals surface area (Å²) in [6.07, 6.45) is 0. The third kappa shape index (κ3) is 2.66. The fraction of sp³-hybridized carbons (Fsp3) is 0.0870. The van der Waals surface area contributed by atoms with Gasteiger partial charge in [0.25, 0.3) is 0 Å². The molecule has 0 bridgehead atoms. The van der Waals surface area contributed by atoms with E-state index in [1.54, 1.807) is 6.07 Å². The number of carbonyl (C=O) groups is 1. The van der Waals surface area contributed by atoms with Gasteiger partial charge in [0.05, 0.1) is 22.8 Å². The number of hydrogen-bond acceptors (Lipinski definition) is 5. The summed E-state index contributed by atoms with van der Waals surface area (Å²) in [5, 5.41) is 13.2. The van der Waals surface area contributed by atoms with E-state index in [4.69, 9.17) is 4.74 Å². The maximum atomic E-state index is 12.5. The summed E-state index contributed by atoms with van der Waals surface area (Å²) in [5.41, 5.74) is 4.21. The minimum absolute atomic E-state index is 0.0579. The van der Waals surface area contributed by atoms with Crippen LogP contribution in [0.4, 0.5) is 0 Å². The number of nitrogens with one attached hydrogen (secondary N) is 1. The number of para-hydroxylation sites is 1. The van der Waals surface area contributed by atoms with Crippen LogP contribution in [-0.2, 0) is 4.74 Å². The van der Waals surface area contributed by atoms with Gasteiger partial charge < -0.3 is 14.8 Å². The number of carbonyl (C=O) groups excluding carboxylic acids is 1. The van der Waals surface area contributed by atoms with Crippen molar-refractivity contribution in [2.24, 2.45) is 0 Å². The smallest absolute Gasteiger partial charge is 0.356 e. The van der Waals surface area contributed by atoms with Crippen molar-refractivity contribution >= 4 is 54.6 Å². The fourth-order valence-electron chi connectivity index (χ4n) is 3.84. The summed E-state index contributed by atoms with van der Waals surface area (Å²) >= 11 is 3.34. The first kappa shape index (κ1) is 18.6. The molecular weight excluding hydrogens is 446 g/mol. The molecule has 0 radical (unpaired) electrons. The highest BCUT2D eigenvalue weighted by molar-refractivity contribution is 9.10. The van der Waals surface area contributed by atoms with Crippen molar-refractivity contribution in [2.45, 2.75) is 6.92 Å². The highest BCUT2D eigenvalue weighted by atomic mass is 79.9. The molecule has 0 saturated carbocycles. The number of hydrogen-bond donors (Lipinski definition) is 2. The van der Waals surface area contributed by atoms with Crippen LogP contribution in [0.2, 0.25) is 0 Å². The topological polar surface area (TPSA) is 88.1 Å². The number of pyridine rings is 2. The lowest BCUT2D eigenvalue weighted by atomic mass is 10.0. The van der Waals surface area contributed by atoms with Crippen LogP contribution in [0.15, 0.2) is 53.0 Å². The normalized spacial score (nSPS) is 11.4. The molecule has 2 N–H and O–H groups in total. The van der Waals surface area contributed by atoms with Crippen molar-refractivity contribution in [2.75, 3.05) is 7.11 Å². The van der Waals surface area contributed by atoms with Gasteiger partial charge in [-0.25, -0.2) is 14.8 Å². The first-order valence-electron chi connectivity index (χ1n) is 9.27. The Labute approximate surface area is 179 Å². The van der Waals surface area contributed by atoms with Crippen LogP contribution in [0.5, 0.6) is 5.75 Å². The van der Waals surface area contributed by atoms with E-state index in [2.05, 4.69) is 30.9 Å². The molecule has 30 heavy (non-hydrogen) atoms. The molecule has 0 atom stereocenters. The maximum absolute atomic E-state index is 12.5. The van der Waals surface area contributed by atoms with Crippen molar-refractivity contribution in [3.63, 3.8) is 0 Å². The van der Waals surface area contributed by atoms with Crippen LogP contribution in [0.1, 0.15) is 16.1 Å². The third-order valence-corrected chi connectivity index (χ3v) is 5.94. The number of phenols is 1. The van der Waals surface area contributed by atoms with Gasteiger partial charge in [-0.15, -0.1) is 0 Å². The number of benzene rings is 2. The van der Waals surface area contributed by atoms with Crippen molar-refractivity contribution in [3.05, 3.63) is 64.3 Å². The van der Waals surface area contributed by atoms with Gasteiger partial charge in [0.1, 0.15) is 11.2 Å². The second-order valence-electron chi connectivity index (χ2n) is 7.01. The average Bonchev–Trinajstić information content (AvgIpc) is 3.16. The second kappa shape index (κ2) is 6.81. The molecule has 2 aromatic carbocycles. The van der Waals surface area contributed by atoms with Crippen molar-refractivity contribution in [1.29, 1.82) is 0 Å².